The molecular weight excluding hydrogens is 242 g/mol. The van der Waals surface area contributed by atoms with E-state index in [0.717, 1.165) is 0 Å². The third kappa shape index (κ3) is 2.14. The third-order valence-corrected chi connectivity index (χ3v) is 3.07. The van der Waals surface area contributed by atoms with Gasteiger partial charge in [0, 0.05) is 0 Å². The second-order valence-corrected chi connectivity index (χ2v) is 4.04. The fraction of sp³-hybridized carbons (Fsp3) is 0.222. The van der Waals surface area contributed by atoms with Gasteiger partial charge in [-0.25, -0.2) is 0 Å². The van der Waals surface area contributed by atoms with E-state index in [1.807, 2.05) is 6.07 Å². The van der Waals surface area contributed by atoms with Gasteiger partial charge in [0.05, 0.1) is 13.7 Å². The van der Waals surface area contributed by atoms with Gasteiger partial charge in [-0.2, -0.15) is 10.2 Å². The number of hydrogen-bond acceptors (Lipinski definition) is 8. The predicted octanol–water partition coefficient (Wildman–Crippen LogP) is 1.21. The molecule has 88 valence electrons. The summed E-state index contributed by atoms with van der Waals surface area (Å²) >= 11 is 1.22. The zero-order valence-corrected chi connectivity index (χ0v) is 9.74. The van der Waals surface area contributed by atoms with Crippen LogP contribution in [-0.2, 0) is 6.54 Å². The number of ether oxygens (including phenoxy) is 1. The summed E-state index contributed by atoms with van der Waals surface area (Å²) in [6, 6.07) is 2.01. The van der Waals surface area contributed by atoms with Crippen molar-refractivity contribution in [3.8, 4) is 11.8 Å². The minimum atomic E-state index is 0.343. The van der Waals surface area contributed by atoms with Gasteiger partial charge < -0.3 is 20.3 Å². The van der Waals surface area contributed by atoms with E-state index in [9.17, 15) is 0 Å². The number of rotatable bonds is 4. The van der Waals surface area contributed by atoms with E-state index in [-0.39, 0.29) is 0 Å². The van der Waals surface area contributed by atoms with Crippen LogP contribution < -0.4 is 15.8 Å². The molecule has 0 unspecified atom stereocenters. The maximum atomic E-state index is 8.86. The van der Waals surface area contributed by atoms with Crippen molar-refractivity contribution in [1.82, 2.24) is 10.1 Å². The lowest BCUT2D eigenvalue weighted by Crippen LogP contribution is -2.01. The number of nitrogens with zero attached hydrogens (tertiary/aromatic N) is 3. The Morgan fingerprint density at radius 2 is 2.53 bits per heavy atom. The Balaban J connectivity index is 2.18. The predicted molar refractivity (Wildman–Crippen MR) is 61.6 cm³/mol. The number of thiophene rings is 1. The monoisotopic (exact) mass is 251 g/mol. The van der Waals surface area contributed by atoms with Crippen LogP contribution in [0.5, 0.6) is 5.75 Å². The lowest BCUT2D eigenvalue weighted by Gasteiger charge is -2.04. The van der Waals surface area contributed by atoms with Crippen molar-refractivity contribution in [3.05, 3.63) is 17.1 Å². The molecule has 7 nitrogen and oxygen atoms in total. The number of anilines is 2. The van der Waals surface area contributed by atoms with E-state index >= 15 is 0 Å². The molecule has 8 heteroatoms. The Morgan fingerprint density at radius 1 is 1.71 bits per heavy atom. The van der Waals surface area contributed by atoms with Crippen molar-refractivity contribution in [3.63, 3.8) is 0 Å². The number of nitriles is 1. The highest BCUT2D eigenvalue weighted by atomic mass is 32.1. The molecule has 0 amide bonds. The Kier molecular flexibility index (Phi) is 3.11. The number of nitrogen functional groups attached to an aromatic ring is 1. The van der Waals surface area contributed by atoms with Crippen LogP contribution in [0.2, 0.25) is 0 Å². The molecule has 0 atom stereocenters. The molecule has 0 radical (unpaired) electrons. The topological polar surface area (TPSA) is 110 Å². The van der Waals surface area contributed by atoms with E-state index in [1.165, 1.54) is 24.8 Å². The molecule has 2 aromatic heterocycles. The summed E-state index contributed by atoms with van der Waals surface area (Å²) < 4.78 is 9.74. The van der Waals surface area contributed by atoms with Crippen LogP contribution >= 0.6 is 11.3 Å². The van der Waals surface area contributed by atoms with E-state index in [4.69, 9.17) is 15.7 Å². The van der Waals surface area contributed by atoms with Gasteiger partial charge in [0.1, 0.15) is 21.6 Å². The van der Waals surface area contributed by atoms with Crippen molar-refractivity contribution in [2.75, 3.05) is 18.2 Å². The second-order valence-electron chi connectivity index (χ2n) is 3.02. The zero-order chi connectivity index (χ0) is 12.3. The summed E-state index contributed by atoms with van der Waals surface area (Å²) in [4.78, 5) is 4.28. The minimum absolute atomic E-state index is 0.343. The average Bonchev–Trinajstić information content (AvgIpc) is 2.94. The molecule has 3 N–H and O–H groups in total. The molecule has 17 heavy (non-hydrogen) atoms. The SMILES string of the molecule is COc1c(NCc2ncon2)sc(C#N)c1N. The summed E-state index contributed by atoms with van der Waals surface area (Å²) in [6.45, 7) is 0.373. The lowest BCUT2D eigenvalue weighted by atomic mass is 10.4. The first kappa shape index (κ1) is 11.2. The lowest BCUT2D eigenvalue weighted by molar-refractivity contribution is 0.410. The van der Waals surface area contributed by atoms with E-state index in [0.29, 0.717) is 33.7 Å². The van der Waals surface area contributed by atoms with Crippen LogP contribution in [-0.4, -0.2) is 17.3 Å². The van der Waals surface area contributed by atoms with Gasteiger partial charge in [-0.15, -0.1) is 11.3 Å². The molecule has 0 saturated carbocycles. The van der Waals surface area contributed by atoms with Gasteiger partial charge in [-0.3, -0.25) is 0 Å². The molecule has 0 aliphatic rings. The number of hydrogen-bond donors (Lipinski definition) is 2. The fourth-order valence-corrected chi connectivity index (χ4v) is 2.14. The highest BCUT2D eigenvalue weighted by Gasteiger charge is 2.16. The number of methoxy groups -OCH3 is 1. The number of nitrogens with one attached hydrogen (secondary N) is 1. The van der Waals surface area contributed by atoms with Crippen LogP contribution in [0.1, 0.15) is 10.7 Å². The Morgan fingerprint density at radius 3 is 3.12 bits per heavy atom. The number of nitrogens with two attached hydrogens (primary N) is 1. The number of aromatic nitrogens is 2. The summed E-state index contributed by atoms with van der Waals surface area (Å²) in [6.07, 6.45) is 1.25. The molecule has 0 bridgehead atoms. The summed E-state index contributed by atoms with van der Waals surface area (Å²) in [7, 11) is 1.50. The fourth-order valence-electron chi connectivity index (χ4n) is 1.26. The van der Waals surface area contributed by atoms with Crippen molar-refractivity contribution in [2.24, 2.45) is 0 Å². The average molecular weight is 251 g/mol. The first-order valence-corrected chi connectivity index (χ1v) is 5.43. The molecule has 2 rings (SSSR count). The van der Waals surface area contributed by atoms with Gasteiger partial charge in [0.25, 0.3) is 0 Å². The molecule has 0 aliphatic carbocycles. The molecule has 0 aromatic carbocycles. The molecule has 0 fully saturated rings. The maximum Gasteiger partial charge on any atom is 0.213 e. The normalized spacial score (nSPS) is 9.88. The summed E-state index contributed by atoms with van der Waals surface area (Å²) in [5.41, 5.74) is 6.09. The Hall–Kier alpha value is -2.27. The van der Waals surface area contributed by atoms with Crippen LogP contribution in [0.15, 0.2) is 10.9 Å². The van der Waals surface area contributed by atoms with E-state index in [1.54, 1.807) is 0 Å². The molecule has 2 aromatic rings. The second kappa shape index (κ2) is 4.71. The van der Waals surface area contributed by atoms with Crippen LogP contribution in [0.25, 0.3) is 0 Å². The van der Waals surface area contributed by atoms with Gasteiger partial charge >= 0.3 is 0 Å². The van der Waals surface area contributed by atoms with Gasteiger partial charge in [0.2, 0.25) is 6.39 Å². The maximum absolute atomic E-state index is 8.86. The quantitative estimate of drug-likeness (QED) is 0.840. The van der Waals surface area contributed by atoms with Crippen LogP contribution in [0, 0.1) is 11.3 Å². The first-order valence-electron chi connectivity index (χ1n) is 4.61. The van der Waals surface area contributed by atoms with Gasteiger partial charge in [-0.1, -0.05) is 5.16 Å². The van der Waals surface area contributed by atoms with Crippen LogP contribution in [0.3, 0.4) is 0 Å². The highest BCUT2D eigenvalue weighted by molar-refractivity contribution is 7.17. The van der Waals surface area contributed by atoms with Crippen molar-refractivity contribution >= 4 is 22.0 Å². The van der Waals surface area contributed by atoms with Crippen molar-refractivity contribution < 1.29 is 9.26 Å². The minimum Gasteiger partial charge on any atom is -0.492 e. The zero-order valence-electron chi connectivity index (χ0n) is 8.93. The van der Waals surface area contributed by atoms with Gasteiger partial charge in [-0.05, 0) is 0 Å². The molecule has 2 heterocycles. The first-order chi connectivity index (χ1) is 8.26. The Bertz CT molecular complexity index is 542. The van der Waals surface area contributed by atoms with E-state index in [2.05, 4.69) is 20.0 Å². The molecule has 0 saturated heterocycles. The molecular formula is C9H9N5O2S. The smallest absolute Gasteiger partial charge is 0.213 e. The molecule has 0 aliphatic heterocycles. The van der Waals surface area contributed by atoms with Crippen LogP contribution in [0.4, 0.5) is 10.7 Å². The van der Waals surface area contributed by atoms with Crippen molar-refractivity contribution in [1.29, 1.82) is 5.26 Å². The summed E-state index contributed by atoms with van der Waals surface area (Å²) in [5.74, 6) is 0.979. The van der Waals surface area contributed by atoms with Gasteiger partial charge in [0.15, 0.2) is 11.6 Å². The van der Waals surface area contributed by atoms with Crippen molar-refractivity contribution in [2.45, 2.75) is 6.54 Å². The standard InChI is InChI=1S/C9H9N5O2S/c1-15-8-7(11)5(2-10)17-9(8)12-3-6-13-4-16-14-6/h4,12H,3,11H2,1H3. The largest absolute Gasteiger partial charge is 0.492 e. The Labute approximate surface area is 101 Å². The third-order valence-electron chi connectivity index (χ3n) is 2.02. The molecule has 0 spiro atoms. The summed E-state index contributed by atoms with van der Waals surface area (Å²) in [5, 5.41) is 16.2. The van der Waals surface area contributed by atoms with E-state index < -0.39 is 0 Å². The highest BCUT2D eigenvalue weighted by Crippen LogP contribution is 2.41.